The molecule has 0 heterocycles. The highest BCUT2D eigenvalue weighted by molar-refractivity contribution is 6.30. The largest absolute Gasteiger partial charge is 0.493 e. The number of carbonyl (C=O) groups excluding carboxylic acids is 2. The van der Waals surface area contributed by atoms with Crippen molar-refractivity contribution in [2.24, 2.45) is 0 Å². The molecule has 2 aromatic carbocycles. The molecule has 9 nitrogen and oxygen atoms in total. The van der Waals surface area contributed by atoms with E-state index >= 15 is 0 Å². The van der Waals surface area contributed by atoms with Gasteiger partial charge in [0, 0.05) is 17.1 Å². The molecule has 2 rings (SSSR count). The lowest BCUT2D eigenvalue weighted by molar-refractivity contribution is -0.385. The van der Waals surface area contributed by atoms with Gasteiger partial charge in [-0.15, -0.1) is 0 Å². The summed E-state index contributed by atoms with van der Waals surface area (Å²) in [5.41, 5.74) is -0.193. The minimum absolute atomic E-state index is 0.0235. The van der Waals surface area contributed by atoms with E-state index in [0.717, 1.165) is 6.42 Å². The second kappa shape index (κ2) is 10.4. The molecule has 1 N–H and O–H groups in total. The zero-order valence-corrected chi connectivity index (χ0v) is 17.4. The second-order valence-corrected chi connectivity index (χ2v) is 6.73. The van der Waals surface area contributed by atoms with Gasteiger partial charge in [0.25, 0.3) is 5.91 Å². The van der Waals surface area contributed by atoms with E-state index in [2.05, 4.69) is 5.32 Å². The van der Waals surface area contributed by atoms with E-state index in [4.69, 9.17) is 25.8 Å². The highest BCUT2D eigenvalue weighted by Crippen LogP contribution is 2.37. The van der Waals surface area contributed by atoms with Gasteiger partial charge >= 0.3 is 11.7 Å². The topological polar surface area (TPSA) is 117 Å². The Bertz CT molecular complexity index is 949. The first-order valence-electron chi connectivity index (χ1n) is 9.01. The third-order valence-electron chi connectivity index (χ3n) is 4.09. The van der Waals surface area contributed by atoms with Crippen LogP contribution in [0.3, 0.4) is 0 Å². The first kappa shape index (κ1) is 23.0. The summed E-state index contributed by atoms with van der Waals surface area (Å²) >= 11 is 5.80. The minimum atomic E-state index is -0.725. The van der Waals surface area contributed by atoms with Crippen molar-refractivity contribution in [2.45, 2.75) is 26.3 Å². The minimum Gasteiger partial charge on any atom is -0.493 e. The van der Waals surface area contributed by atoms with E-state index in [0.29, 0.717) is 0 Å². The third kappa shape index (κ3) is 6.08. The monoisotopic (exact) mass is 436 g/mol. The van der Waals surface area contributed by atoms with Crippen molar-refractivity contribution in [3.63, 3.8) is 0 Å². The molecule has 30 heavy (non-hydrogen) atoms. The molecule has 0 saturated heterocycles. The van der Waals surface area contributed by atoms with Gasteiger partial charge < -0.3 is 19.5 Å². The molecule has 0 spiro atoms. The van der Waals surface area contributed by atoms with Gasteiger partial charge in [0.15, 0.2) is 18.1 Å². The average Bonchev–Trinajstić information content (AvgIpc) is 2.73. The molecule has 0 aliphatic heterocycles. The molecule has 1 amide bonds. The molecule has 0 aliphatic carbocycles. The lowest BCUT2D eigenvalue weighted by Crippen LogP contribution is -2.35. The number of esters is 1. The van der Waals surface area contributed by atoms with Gasteiger partial charge in [0.1, 0.15) is 0 Å². The fraction of sp³-hybridized carbons (Fsp3) is 0.300. The van der Waals surface area contributed by atoms with Crippen LogP contribution in [0.5, 0.6) is 17.2 Å². The smallest absolute Gasteiger partial charge is 0.338 e. The van der Waals surface area contributed by atoms with Crippen molar-refractivity contribution in [3.05, 3.63) is 57.1 Å². The van der Waals surface area contributed by atoms with E-state index in [9.17, 15) is 19.7 Å². The number of hydrogen-bond acceptors (Lipinski definition) is 7. The van der Waals surface area contributed by atoms with Crippen LogP contribution in [0.1, 0.15) is 30.6 Å². The fourth-order valence-electron chi connectivity index (χ4n) is 2.35. The Kier molecular flexibility index (Phi) is 7.99. The van der Waals surface area contributed by atoms with Crippen molar-refractivity contribution in [3.8, 4) is 17.2 Å². The fourth-order valence-corrected chi connectivity index (χ4v) is 2.52. The van der Waals surface area contributed by atoms with Crippen LogP contribution in [0.15, 0.2) is 36.4 Å². The van der Waals surface area contributed by atoms with Gasteiger partial charge in [-0.2, -0.15) is 0 Å². The summed E-state index contributed by atoms with van der Waals surface area (Å²) in [6.07, 6.45) is 0.754. The number of carbonyl (C=O) groups is 2. The van der Waals surface area contributed by atoms with Crippen LogP contribution in [0, 0.1) is 10.1 Å². The number of nitrogens with zero attached hydrogens (tertiary/aromatic N) is 1. The summed E-state index contributed by atoms with van der Waals surface area (Å²) in [7, 11) is 1.35. The van der Waals surface area contributed by atoms with Crippen LogP contribution in [0.25, 0.3) is 0 Å². The predicted molar refractivity (Wildman–Crippen MR) is 109 cm³/mol. The van der Waals surface area contributed by atoms with Crippen LogP contribution >= 0.6 is 11.6 Å². The van der Waals surface area contributed by atoms with E-state index in [1.165, 1.54) is 43.5 Å². The number of nitrogens with one attached hydrogen (secondary N) is 1. The third-order valence-corrected chi connectivity index (χ3v) is 4.33. The van der Waals surface area contributed by atoms with Gasteiger partial charge in [-0.3, -0.25) is 14.9 Å². The highest BCUT2D eigenvalue weighted by atomic mass is 35.5. The summed E-state index contributed by atoms with van der Waals surface area (Å²) in [5, 5.41) is 14.1. The van der Waals surface area contributed by atoms with Gasteiger partial charge in [-0.1, -0.05) is 18.5 Å². The first-order chi connectivity index (χ1) is 14.2. The van der Waals surface area contributed by atoms with Crippen LogP contribution in [-0.2, 0) is 9.53 Å². The van der Waals surface area contributed by atoms with Crippen molar-refractivity contribution in [1.82, 2.24) is 5.32 Å². The number of amides is 1. The molecule has 0 bridgehead atoms. The van der Waals surface area contributed by atoms with E-state index < -0.39 is 23.4 Å². The van der Waals surface area contributed by atoms with E-state index in [1.54, 1.807) is 0 Å². The van der Waals surface area contributed by atoms with Crippen molar-refractivity contribution >= 4 is 29.2 Å². The van der Waals surface area contributed by atoms with Crippen molar-refractivity contribution < 1.29 is 28.7 Å². The van der Waals surface area contributed by atoms with E-state index in [-0.39, 0.29) is 39.6 Å². The Morgan fingerprint density at radius 3 is 2.50 bits per heavy atom. The molecular weight excluding hydrogens is 416 g/mol. The predicted octanol–water partition coefficient (Wildman–Crippen LogP) is 4.12. The summed E-state index contributed by atoms with van der Waals surface area (Å²) in [4.78, 5) is 34.6. The maximum atomic E-state index is 12.2. The molecule has 0 saturated carbocycles. The molecule has 0 aromatic heterocycles. The molecule has 2 aromatic rings. The number of rotatable bonds is 9. The number of halogens is 1. The first-order valence-corrected chi connectivity index (χ1v) is 9.39. The number of methoxy groups -OCH3 is 1. The zero-order chi connectivity index (χ0) is 22.3. The quantitative estimate of drug-likeness (QED) is 0.357. The standard InChI is InChI=1S/C20H21ClN2O7/c1-4-12(2)22-19(24)11-29-20(25)13-5-7-17(18(9-13)28-3)30-16-8-6-14(21)10-15(16)23(26)27/h5-10,12H,4,11H2,1-3H3,(H,22,24)/t12-/m0/s1. The van der Waals surface area contributed by atoms with Crippen LogP contribution in [0.2, 0.25) is 5.02 Å². The Hall–Kier alpha value is -3.33. The number of hydrogen-bond donors (Lipinski definition) is 1. The van der Waals surface area contributed by atoms with Crippen LogP contribution < -0.4 is 14.8 Å². The number of benzene rings is 2. The maximum Gasteiger partial charge on any atom is 0.338 e. The average molecular weight is 437 g/mol. The number of nitro benzene ring substituents is 1. The Balaban J connectivity index is 2.14. The summed E-state index contributed by atoms with van der Waals surface area (Å²) in [6.45, 7) is 3.35. The Morgan fingerprint density at radius 1 is 1.17 bits per heavy atom. The summed E-state index contributed by atoms with van der Waals surface area (Å²) in [6, 6.07) is 8.11. The molecule has 0 aliphatic rings. The Morgan fingerprint density at radius 2 is 1.87 bits per heavy atom. The van der Waals surface area contributed by atoms with Crippen molar-refractivity contribution in [2.75, 3.05) is 13.7 Å². The second-order valence-electron chi connectivity index (χ2n) is 6.29. The van der Waals surface area contributed by atoms with Gasteiger partial charge in [0.2, 0.25) is 5.75 Å². The molecule has 0 unspecified atom stereocenters. The molecule has 160 valence electrons. The number of ether oxygens (including phenoxy) is 3. The van der Waals surface area contributed by atoms with Crippen LogP contribution in [-0.4, -0.2) is 36.6 Å². The molecular formula is C20H21ClN2O7. The lowest BCUT2D eigenvalue weighted by Gasteiger charge is -2.13. The van der Waals surface area contributed by atoms with E-state index in [1.807, 2.05) is 13.8 Å². The van der Waals surface area contributed by atoms with Crippen molar-refractivity contribution in [1.29, 1.82) is 0 Å². The Labute approximate surface area is 178 Å². The lowest BCUT2D eigenvalue weighted by atomic mass is 10.2. The molecule has 1 atom stereocenters. The van der Waals surface area contributed by atoms with Gasteiger partial charge in [-0.25, -0.2) is 4.79 Å². The number of nitro groups is 1. The SMILES string of the molecule is CC[C@H](C)NC(=O)COC(=O)c1ccc(Oc2ccc(Cl)cc2[N+](=O)[O-])c(OC)c1. The summed E-state index contributed by atoms with van der Waals surface area (Å²) in [5.74, 6) is -0.872. The zero-order valence-electron chi connectivity index (χ0n) is 16.6. The summed E-state index contributed by atoms with van der Waals surface area (Å²) < 4.78 is 15.8. The maximum absolute atomic E-state index is 12.2. The highest BCUT2D eigenvalue weighted by Gasteiger charge is 2.20. The molecule has 0 radical (unpaired) electrons. The van der Waals surface area contributed by atoms with Crippen LogP contribution in [0.4, 0.5) is 5.69 Å². The molecule has 0 fully saturated rings. The van der Waals surface area contributed by atoms with Gasteiger partial charge in [0.05, 0.1) is 17.6 Å². The molecule has 10 heteroatoms. The van der Waals surface area contributed by atoms with Gasteiger partial charge in [-0.05, 0) is 43.7 Å². The normalized spacial score (nSPS) is 11.3.